The summed E-state index contributed by atoms with van der Waals surface area (Å²) >= 11 is 0. The third-order valence-electron chi connectivity index (χ3n) is 13.3. The second-order valence-electron chi connectivity index (χ2n) is 18.8. The van der Waals surface area contributed by atoms with Crippen LogP contribution in [-0.2, 0) is 36.9 Å². The average molecular weight is 1110 g/mol. The summed E-state index contributed by atoms with van der Waals surface area (Å²) in [7, 11) is 0. The molecular formula is C60H72IN8O5+. The Morgan fingerprint density at radius 1 is 0.392 bits per heavy atom. The summed E-state index contributed by atoms with van der Waals surface area (Å²) in [5.74, 6) is 0.126. The number of carbonyl (C=O) groups is 2. The number of nitrogen functional groups attached to an aromatic ring is 4. The van der Waals surface area contributed by atoms with Gasteiger partial charge in [-0.2, -0.15) is 9.13 Å². The molecule has 10 N–H and O–H groups in total. The number of unbranched alkanes of at least 4 members (excludes halogenated alkanes) is 4. The number of nitrogens with one attached hydrogen (secondary N) is 2. The number of benzene rings is 6. The summed E-state index contributed by atoms with van der Waals surface area (Å²) in [6, 6.07) is 45.3. The van der Waals surface area contributed by atoms with Gasteiger partial charge in [0.15, 0.2) is 0 Å². The molecule has 0 radical (unpaired) electrons. The number of aromatic nitrogens is 2. The molecule has 0 aliphatic heterocycles. The van der Waals surface area contributed by atoms with Crippen LogP contribution in [0.2, 0.25) is 0 Å². The minimum atomic E-state index is 0. The lowest BCUT2D eigenvalue weighted by Gasteiger charge is -2.13. The van der Waals surface area contributed by atoms with Crippen LogP contribution in [0.25, 0.3) is 65.9 Å². The molecule has 0 spiro atoms. The number of fused-ring (bicyclic) bond motifs is 6. The molecule has 8 aromatic rings. The molecule has 6 aromatic carbocycles. The molecule has 0 saturated carbocycles. The van der Waals surface area contributed by atoms with Crippen LogP contribution in [0.3, 0.4) is 0 Å². The van der Waals surface area contributed by atoms with Gasteiger partial charge >= 0.3 is 0 Å². The number of ether oxygens (including phenoxy) is 3. The van der Waals surface area contributed by atoms with Crippen LogP contribution in [0.1, 0.15) is 64.2 Å². The highest BCUT2D eigenvalue weighted by molar-refractivity contribution is 6.11. The van der Waals surface area contributed by atoms with E-state index in [4.69, 9.17) is 37.1 Å². The number of aryl methyl sites for hydroxylation is 2. The molecular weight excluding hydrogens is 1040 g/mol. The van der Waals surface area contributed by atoms with Gasteiger partial charge in [-0.05, 0) is 111 Å². The molecule has 14 heteroatoms. The number of halogens is 1. The van der Waals surface area contributed by atoms with Crippen molar-refractivity contribution in [3.63, 3.8) is 0 Å². The lowest BCUT2D eigenvalue weighted by molar-refractivity contribution is -0.660. The zero-order valence-electron chi connectivity index (χ0n) is 42.5. The van der Waals surface area contributed by atoms with Crippen molar-refractivity contribution in [1.82, 2.24) is 10.6 Å². The summed E-state index contributed by atoms with van der Waals surface area (Å²) in [5, 5.41) is 12.8. The van der Waals surface area contributed by atoms with Gasteiger partial charge in [0.2, 0.25) is 34.2 Å². The topological polar surface area (TPSA) is 198 Å². The lowest BCUT2D eigenvalue weighted by Crippen LogP contribution is -3.00. The van der Waals surface area contributed by atoms with Gasteiger partial charge in [-0.1, -0.05) is 48.5 Å². The lowest BCUT2D eigenvalue weighted by atomic mass is 9.98. The Labute approximate surface area is 451 Å². The number of hydrogen-bond donors (Lipinski definition) is 6. The second-order valence-corrected chi connectivity index (χ2v) is 18.8. The Kier molecular flexibility index (Phi) is 21.0. The highest BCUT2D eigenvalue weighted by Crippen LogP contribution is 2.35. The highest BCUT2D eigenvalue weighted by atomic mass is 127. The zero-order valence-corrected chi connectivity index (χ0v) is 44.6. The van der Waals surface area contributed by atoms with Crippen molar-refractivity contribution in [2.24, 2.45) is 0 Å². The number of amides is 2. The van der Waals surface area contributed by atoms with Crippen molar-refractivity contribution in [2.45, 2.75) is 77.3 Å². The quantitative estimate of drug-likeness (QED) is 0.0105. The highest BCUT2D eigenvalue weighted by Gasteiger charge is 2.25. The molecule has 74 heavy (non-hydrogen) atoms. The number of rotatable bonds is 28. The average Bonchev–Trinajstić information content (AvgIpc) is 3.39. The molecule has 2 amide bonds. The standard InChI is InChI=1S/C60H70N8O5.HI/c61-45-21-25-49-51-27-23-47(63)41-55(51)67(59(53(49)39-45)43-15-5-1-6-16-43)31-11-3-9-19-57(69)65-29-13-33-71-35-37-73-38-36-72-34-14-30-66-58(70)20-10-4-12-32-68-56-42-48(64)24-28-52(56)50-26-22-46(62)40-54(50)60(68)44-17-7-2-8-18-44;/h1-2,5-8,15-18,21-28,39-42,63-64H,3-4,9-14,19-20,29-38,61-62H2,(H2,65,66,69,70);1H/p+1. The Morgan fingerprint density at radius 3 is 1.16 bits per heavy atom. The fourth-order valence-electron chi connectivity index (χ4n) is 9.78. The van der Waals surface area contributed by atoms with Gasteiger partial charge in [-0.3, -0.25) is 9.59 Å². The first-order chi connectivity index (χ1) is 35.7. The maximum atomic E-state index is 12.6. The van der Waals surface area contributed by atoms with Crippen LogP contribution in [0.4, 0.5) is 22.7 Å². The van der Waals surface area contributed by atoms with Crippen LogP contribution in [0.15, 0.2) is 133 Å². The predicted octanol–water partition coefficient (Wildman–Crippen LogP) is 6.42. The van der Waals surface area contributed by atoms with Crippen molar-refractivity contribution < 1.29 is 56.9 Å². The summed E-state index contributed by atoms with van der Waals surface area (Å²) in [6.45, 7) is 5.73. The van der Waals surface area contributed by atoms with Crippen molar-refractivity contribution in [3.8, 4) is 22.5 Å². The van der Waals surface area contributed by atoms with Crippen LogP contribution in [0, 0.1) is 0 Å². The molecule has 0 fully saturated rings. The van der Waals surface area contributed by atoms with E-state index in [2.05, 4.69) is 117 Å². The molecule has 388 valence electrons. The first-order valence-corrected chi connectivity index (χ1v) is 26.0. The summed E-state index contributed by atoms with van der Waals surface area (Å²) < 4.78 is 21.8. The van der Waals surface area contributed by atoms with Gasteiger partial charge < -0.3 is 71.8 Å². The Morgan fingerprint density at radius 2 is 0.757 bits per heavy atom. The van der Waals surface area contributed by atoms with Gasteiger partial charge in [0.05, 0.1) is 48.0 Å². The summed E-state index contributed by atoms with van der Waals surface area (Å²) in [6.07, 6.45) is 7.72. The Balaban J connectivity index is 0.00000800. The van der Waals surface area contributed by atoms with Crippen LogP contribution in [0.5, 0.6) is 0 Å². The van der Waals surface area contributed by atoms with Crippen molar-refractivity contribution >= 4 is 77.9 Å². The summed E-state index contributed by atoms with van der Waals surface area (Å²) in [4.78, 5) is 25.2. The minimum Gasteiger partial charge on any atom is -1.00 e. The second kappa shape index (κ2) is 28.2. The van der Waals surface area contributed by atoms with Crippen molar-refractivity contribution in [2.75, 3.05) is 75.7 Å². The molecule has 8 rings (SSSR count). The van der Waals surface area contributed by atoms with Crippen LogP contribution in [-0.4, -0.2) is 64.5 Å². The van der Waals surface area contributed by atoms with Crippen LogP contribution < -0.4 is 66.7 Å². The van der Waals surface area contributed by atoms with Crippen LogP contribution >= 0.6 is 0 Å². The van der Waals surface area contributed by atoms with E-state index in [9.17, 15) is 9.59 Å². The number of hydrogen-bond acceptors (Lipinski definition) is 9. The van der Waals surface area contributed by atoms with E-state index in [1.807, 2.05) is 36.4 Å². The van der Waals surface area contributed by atoms with E-state index in [0.717, 1.165) is 153 Å². The molecule has 0 aliphatic carbocycles. The number of carbonyl (C=O) groups excluding carboxylic acids is 2. The third-order valence-corrected chi connectivity index (χ3v) is 13.3. The normalized spacial score (nSPS) is 11.4. The molecule has 2 heterocycles. The third kappa shape index (κ3) is 14.8. The van der Waals surface area contributed by atoms with E-state index in [1.165, 1.54) is 0 Å². The Bertz CT molecular complexity index is 2910. The fraction of sp³-hybridized carbons (Fsp3) is 0.333. The predicted molar refractivity (Wildman–Crippen MR) is 296 cm³/mol. The van der Waals surface area contributed by atoms with E-state index >= 15 is 0 Å². The van der Waals surface area contributed by atoms with Gasteiger partial charge in [0.1, 0.15) is 13.1 Å². The molecule has 13 nitrogen and oxygen atoms in total. The first kappa shape index (κ1) is 55.2. The van der Waals surface area contributed by atoms with Gasteiger partial charge in [0, 0.05) is 109 Å². The number of nitrogens with zero attached hydrogens (tertiary/aromatic N) is 2. The smallest absolute Gasteiger partial charge is 0.220 e. The maximum Gasteiger partial charge on any atom is 0.220 e. The molecule has 0 unspecified atom stereocenters. The first-order valence-electron chi connectivity index (χ1n) is 26.0. The van der Waals surface area contributed by atoms with Crippen molar-refractivity contribution in [1.29, 1.82) is 0 Å². The molecule has 0 atom stereocenters. The number of anilines is 4. The monoisotopic (exact) mass is 1110 g/mol. The van der Waals surface area contributed by atoms with E-state index in [1.54, 1.807) is 0 Å². The largest absolute Gasteiger partial charge is 1.00 e. The van der Waals surface area contributed by atoms with Gasteiger partial charge in [0.25, 0.3) is 0 Å². The Hall–Kier alpha value is -6.59. The van der Waals surface area contributed by atoms with Gasteiger partial charge in [-0.15, -0.1) is 0 Å². The fourth-order valence-corrected chi connectivity index (χ4v) is 9.78. The van der Waals surface area contributed by atoms with E-state index in [-0.39, 0.29) is 35.8 Å². The summed E-state index contributed by atoms with van der Waals surface area (Å²) in [5.41, 5.74) is 34.8. The number of nitrogens with two attached hydrogens (primary N) is 4. The SMILES string of the molecule is Nc1ccc2c(c1)c(-c1ccccc1)[n+](CCCCCC(=O)NCCCOCCOCCOCCCNC(=O)CCCCC[n+]1c(-c3ccccc3)c3cc(N)ccc3c3ccc(N)cc31)c1cc(N)ccc21.[I-]. The van der Waals surface area contributed by atoms with E-state index < -0.39 is 0 Å². The molecule has 0 aliphatic rings. The van der Waals surface area contributed by atoms with Crippen molar-refractivity contribution in [3.05, 3.63) is 133 Å². The molecule has 0 bridgehead atoms. The molecule has 0 saturated heterocycles. The van der Waals surface area contributed by atoms with E-state index in [0.29, 0.717) is 65.6 Å². The van der Waals surface area contributed by atoms with Gasteiger partial charge in [-0.25, -0.2) is 0 Å². The zero-order chi connectivity index (χ0) is 50.8. The molecule has 2 aromatic heterocycles. The maximum absolute atomic E-state index is 12.6. The number of pyridine rings is 2. The minimum absolute atomic E-state index is 0.